The third-order valence-electron chi connectivity index (χ3n) is 4.60. The second kappa shape index (κ2) is 7.24. The second-order valence-electron chi connectivity index (χ2n) is 6.64. The molecule has 4 rings (SSSR count). The number of benzene rings is 2. The van der Waals surface area contributed by atoms with E-state index >= 15 is 0 Å². The molecule has 0 radical (unpaired) electrons. The lowest BCUT2D eigenvalue weighted by molar-refractivity contribution is -0.113. The van der Waals surface area contributed by atoms with Crippen molar-refractivity contribution >= 4 is 35.0 Å². The van der Waals surface area contributed by atoms with E-state index in [-0.39, 0.29) is 22.6 Å². The van der Waals surface area contributed by atoms with Crippen LogP contribution >= 0.6 is 12.2 Å². The van der Waals surface area contributed by atoms with Gasteiger partial charge in [-0.15, -0.1) is 0 Å². The Hall–Kier alpha value is -2.93. The third-order valence-corrected chi connectivity index (χ3v) is 4.88. The van der Waals surface area contributed by atoms with Gasteiger partial charge in [0, 0.05) is 17.5 Å². The van der Waals surface area contributed by atoms with Crippen molar-refractivity contribution in [3.05, 3.63) is 59.0 Å². The molecule has 2 aromatic carbocycles. The van der Waals surface area contributed by atoms with Gasteiger partial charge in [-0.2, -0.15) is 0 Å². The Morgan fingerprint density at radius 3 is 2.93 bits per heavy atom. The minimum absolute atomic E-state index is 0.0998. The van der Waals surface area contributed by atoms with Crippen LogP contribution in [-0.4, -0.2) is 23.7 Å². The van der Waals surface area contributed by atoms with Gasteiger partial charge in [-0.3, -0.25) is 4.79 Å². The predicted octanol–water partition coefficient (Wildman–Crippen LogP) is 3.81. The lowest BCUT2D eigenvalue weighted by Crippen LogP contribution is -2.31. The molecule has 2 aliphatic rings. The predicted molar refractivity (Wildman–Crippen MR) is 109 cm³/mol. The van der Waals surface area contributed by atoms with E-state index in [1.54, 1.807) is 18.2 Å². The van der Waals surface area contributed by atoms with E-state index in [0.717, 1.165) is 22.6 Å². The molecule has 2 heterocycles. The summed E-state index contributed by atoms with van der Waals surface area (Å²) in [7, 11) is 0. The van der Waals surface area contributed by atoms with Crippen molar-refractivity contribution in [2.75, 3.05) is 11.5 Å². The Morgan fingerprint density at radius 2 is 2.18 bits per heavy atom. The van der Waals surface area contributed by atoms with Gasteiger partial charge in [0.1, 0.15) is 29.1 Å². The quantitative estimate of drug-likeness (QED) is 0.627. The average Bonchev–Trinajstić information content (AvgIpc) is 3.14. The maximum atomic E-state index is 14.2. The molecule has 28 heavy (non-hydrogen) atoms. The summed E-state index contributed by atoms with van der Waals surface area (Å²) in [6.07, 6.45) is 2.57. The van der Waals surface area contributed by atoms with Gasteiger partial charge >= 0.3 is 0 Å². The molecule has 1 fully saturated rings. The highest BCUT2D eigenvalue weighted by molar-refractivity contribution is 7.80. The molecule has 7 heteroatoms. The highest BCUT2D eigenvalue weighted by Gasteiger charge is 2.34. The number of fused-ring (bicyclic) bond motifs is 1. The van der Waals surface area contributed by atoms with Crippen molar-refractivity contribution in [1.82, 2.24) is 5.32 Å². The number of nitrogens with one attached hydrogen (secondary N) is 1. The Kier molecular flexibility index (Phi) is 4.77. The molecule has 0 saturated carbocycles. The maximum Gasteiger partial charge on any atom is 0.281 e. The lowest BCUT2D eigenvalue weighted by Gasteiger charge is -2.14. The van der Waals surface area contributed by atoms with E-state index in [0.29, 0.717) is 17.9 Å². The Labute approximate surface area is 167 Å². The molecular weight excluding hydrogens is 379 g/mol. The smallest absolute Gasteiger partial charge is 0.281 e. The van der Waals surface area contributed by atoms with E-state index < -0.39 is 11.7 Å². The second-order valence-corrected chi connectivity index (χ2v) is 7.03. The topological polar surface area (TPSA) is 50.8 Å². The Morgan fingerprint density at radius 1 is 1.39 bits per heavy atom. The zero-order valence-corrected chi connectivity index (χ0v) is 16.3. The number of halogens is 1. The number of amides is 1. The highest BCUT2D eigenvalue weighted by atomic mass is 32.1. The van der Waals surface area contributed by atoms with Crippen LogP contribution in [0.1, 0.15) is 25.0 Å². The Balaban J connectivity index is 1.72. The number of hydrogen-bond acceptors (Lipinski definition) is 4. The van der Waals surface area contributed by atoms with Crippen LogP contribution < -0.4 is 19.7 Å². The monoisotopic (exact) mass is 398 g/mol. The van der Waals surface area contributed by atoms with Crippen molar-refractivity contribution in [3.63, 3.8) is 0 Å². The summed E-state index contributed by atoms with van der Waals surface area (Å²) in [6.45, 7) is 4.40. The van der Waals surface area contributed by atoms with E-state index in [4.69, 9.17) is 21.7 Å². The number of rotatable bonds is 4. The van der Waals surface area contributed by atoms with E-state index in [1.165, 1.54) is 12.1 Å². The number of carbonyl (C=O) groups excluding carboxylic acids is 1. The molecule has 5 nitrogen and oxygen atoms in total. The van der Waals surface area contributed by atoms with Gasteiger partial charge in [-0.1, -0.05) is 12.1 Å². The summed E-state index contributed by atoms with van der Waals surface area (Å²) >= 11 is 5.26. The van der Waals surface area contributed by atoms with Gasteiger partial charge in [0.15, 0.2) is 5.11 Å². The first-order valence-corrected chi connectivity index (χ1v) is 9.46. The fourth-order valence-corrected chi connectivity index (χ4v) is 3.68. The van der Waals surface area contributed by atoms with Crippen molar-refractivity contribution in [2.45, 2.75) is 26.4 Å². The molecular formula is C21H19FN2O3S. The van der Waals surface area contributed by atoms with Crippen LogP contribution in [0.3, 0.4) is 0 Å². The van der Waals surface area contributed by atoms with Crippen LogP contribution in [0.15, 0.2) is 42.1 Å². The number of nitrogens with zero attached hydrogens (tertiary/aromatic N) is 1. The van der Waals surface area contributed by atoms with Gasteiger partial charge in [-0.05, 0) is 56.4 Å². The normalized spacial score (nSPS) is 19.6. The summed E-state index contributed by atoms with van der Waals surface area (Å²) in [5, 5.41) is 3.01. The maximum absolute atomic E-state index is 14.2. The number of para-hydroxylation sites is 1. The van der Waals surface area contributed by atoms with E-state index in [1.807, 2.05) is 26.0 Å². The number of hydrogen-bond donors (Lipinski definition) is 1. The first kappa shape index (κ1) is 18.4. The van der Waals surface area contributed by atoms with Crippen LogP contribution in [-0.2, 0) is 11.2 Å². The lowest BCUT2D eigenvalue weighted by atomic mass is 10.1. The number of carbonyl (C=O) groups is 1. The van der Waals surface area contributed by atoms with Gasteiger partial charge in [0.25, 0.3) is 5.91 Å². The van der Waals surface area contributed by atoms with Crippen LogP contribution in [0.25, 0.3) is 6.08 Å². The van der Waals surface area contributed by atoms with Crippen LogP contribution in [0, 0.1) is 5.82 Å². The molecule has 2 aromatic rings. The van der Waals surface area contributed by atoms with Crippen molar-refractivity contribution < 1.29 is 18.7 Å². The van der Waals surface area contributed by atoms with Crippen LogP contribution in [0.2, 0.25) is 0 Å². The van der Waals surface area contributed by atoms with Crippen molar-refractivity contribution in [2.24, 2.45) is 0 Å². The first-order chi connectivity index (χ1) is 13.5. The molecule has 1 N–H and O–H groups in total. The first-order valence-electron chi connectivity index (χ1n) is 9.06. The van der Waals surface area contributed by atoms with Crippen LogP contribution in [0.5, 0.6) is 11.5 Å². The fourth-order valence-electron chi connectivity index (χ4n) is 3.39. The van der Waals surface area contributed by atoms with Gasteiger partial charge < -0.3 is 14.8 Å². The number of anilines is 1. The SMILES string of the molecule is CCOc1cc2c(cc1/C=C1\NC(=S)N(c3ccccc3F)C1=O)O[C@@H](C)C2. The van der Waals surface area contributed by atoms with Gasteiger partial charge in [-0.25, -0.2) is 9.29 Å². The molecule has 0 aliphatic carbocycles. The summed E-state index contributed by atoms with van der Waals surface area (Å²) in [5.74, 6) is 0.501. The number of thiocarbonyl (C=S) groups is 1. The molecule has 0 bridgehead atoms. The van der Waals surface area contributed by atoms with E-state index in [2.05, 4.69) is 5.32 Å². The van der Waals surface area contributed by atoms with Crippen molar-refractivity contribution in [3.8, 4) is 11.5 Å². The molecule has 0 spiro atoms. The number of ether oxygens (including phenoxy) is 2. The molecule has 0 aromatic heterocycles. The molecule has 1 saturated heterocycles. The average molecular weight is 398 g/mol. The highest BCUT2D eigenvalue weighted by Crippen LogP contribution is 2.36. The largest absolute Gasteiger partial charge is 0.493 e. The molecule has 0 unspecified atom stereocenters. The van der Waals surface area contributed by atoms with Gasteiger partial charge in [0.2, 0.25) is 0 Å². The molecule has 144 valence electrons. The molecule has 2 aliphatic heterocycles. The van der Waals surface area contributed by atoms with E-state index in [9.17, 15) is 9.18 Å². The zero-order valence-electron chi connectivity index (χ0n) is 15.5. The summed E-state index contributed by atoms with van der Waals surface area (Å²) < 4.78 is 25.7. The summed E-state index contributed by atoms with van der Waals surface area (Å²) in [6, 6.07) is 9.83. The summed E-state index contributed by atoms with van der Waals surface area (Å²) in [5.41, 5.74) is 2.14. The molecule has 1 atom stereocenters. The fraction of sp³-hybridized carbons (Fsp3) is 0.238. The minimum Gasteiger partial charge on any atom is -0.493 e. The van der Waals surface area contributed by atoms with Crippen LogP contribution in [0.4, 0.5) is 10.1 Å². The van der Waals surface area contributed by atoms with Gasteiger partial charge in [0.05, 0.1) is 12.3 Å². The summed E-state index contributed by atoms with van der Waals surface area (Å²) in [4.78, 5) is 14.1. The standard InChI is InChI=1S/C21H19FN2O3S/c1-3-26-18-10-13-8-12(2)27-19(13)11-14(18)9-16-20(25)24(21(28)23-16)17-7-5-4-6-15(17)22/h4-7,9-12H,3,8H2,1-2H3,(H,23,28)/b16-9-/t12-/m0/s1. The third kappa shape index (κ3) is 3.22. The van der Waals surface area contributed by atoms with Crippen molar-refractivity contribution in [1.29, 1.82) is 0 Å². The molecule has 1 amide bonds. The Bertz CT molecular complexity index is 1010. The zero-order chi connectivity index (χ0) is 19.8. The minimum atomic E-state index is -0.517.